The van der Waals surface area contributed by atoms with Gasteiger partial charge in [-0.15, -0.1) is 0 Å². The van der Waals surface area contributed by atoms with Gasteiger partial charge in [0, 0.05) is 66.9 Å². The van der Waals surface area contributed by atoms with E-state index in [9.17, 15) is 0 Å². The van der Waals surface area contributed by atoms with Crippen LogP contribution < -0.4 is 16.2 Å². The van der Waals surface area contributed by atoms with E-state index >= 15 is 0 Å². The summed E-state index contributed by atoms with van der Waals surface area (Å²) < 4.78 is 15.5. The number of para-hydroxylation sites is 2. The van der Waals surface area contributed by atoms with Gasteiger partial charge in [-0.2, -0.15) is 0 Å². The van der Waals surface area contributed by atoms with E-state index in [4.69, 9.17) is 8.83 Å². The molecule has 0 saturated heterocycles. The molecule has 5 heteroatoms. The van der Waals surface area contributed by atoms with Gasteiger partial charge >= 0.3 is 0 Å². The highest BCUT2D eigenvalue weighted by Crippen LogP contribution is 2.44. The van der Waals surface area contributed by atoms with Crippen molar-refractivity contribution in [3.05, 3.63) is 138 Å². The normalized spacial score (nSPS) is 13.1. The fourth-order valence-corrected chi connectivity index (χ4v) is 9.27. The summed E-state index contributed by atoms with van der Waals surface area (Å²) >= 11 is 0. The van der Waals surface area contributed by atoms with Gasteiger partial charge in [0.05, 0.1) is 11.2 Å². The molecule has 272 valence electrons. The summed E-state index contributed by atoms with van der Waals surface area (Å²) in [5, 5.41) is 11.0. The van der Waals surface area contributed by atoms with Gasteiger partial charge in [0.2, 0.25) is 0 Å². The lowest BCUT2D eigenvalue weighted by Crippen LogP contribution is -2.38. The maximum atomic E-state index is 6.52. The van der Waals surface area contributed by atoms with Crippen LogP contribution in [0, 0.1) is 6.92 Å². The molecule has 7 aromatic carbocycles. The van der Waals surface area contributed by atoms with Crippen LogP contribution in [0.1, 0.15) is 58.2 Å². The highest BCUT2D eigenvalue weighted by atomic mass is 16.3. The molecule has 1 aliphatic heterocycles. The van der Waals surface area contributed by atoms with Crippen molar-refractivity contribution in [2.75, 3.05) is 5.32 Å². The predicted molar refractivity (Wildman–Crippen MR) is 239 cm³/mol. The standard InChI is InChI=1S/C51H43BN2O2/c1-28-22-37(34-24-35-32-12-8-10-14-43(32)55-45(35)26-40(34)53-31-19-16-29(17-20-31)50(2,3)4)48-49-47(28)38-25-36-33-13-9-11-15-44(33)56-46(36)27-42(38)54(49)41-21-18-30(51(5,6)7)23-39(41)52-48/h8-27,52-53H,1-7H3. The Morgan fingerprint density at radius 2 is 1.18 bits per heavy atom. The Bertz CT molecular complexity index is 3270. The number of aryl methyl sites for hydroxylation is 1. The highest BCUT2D eigenvalue weighted by molar-refractivity contribution is 6.73. The predicted octanol–water partition coefficient (Wildman–Crippen LogP) is 12.6. The number of anilines is 2. The van der Waals surface area contributed by atoms with Crippen LogP contribution in [0.5, 0.6) is 0 Å². The number of furan rings is 2. The van der Waals surface area contributed by atoms with E-state index in [1.54, 1.807) is 0 Å². The third-order valence-electron chi connectivity index (χ3n) is 12.2. The van der Waals surface area contributed by atoms with E-state index in [0.717, 1.165) is 68.1 Å². The first-order chi connectivity index (χ1) is 26.9. The quantitative estimate of drug-likeness (QED) is 0.184. The van der Waals surface area contributed by atoms with E-state index in [-0.39, 0.29) is 10.8 Å². The van der Waals surface area contributed by atoms with Crippen LogP contribution in [0.2, 0.25) is 0 Å². The molecule has 1 N–H and O–H groups in total. The number of nitrogens with one attached hydrogen (secondary N) is 1. The van der Waals surface area contributed by atoms with Crippen molar-refractivity contribution in [3.63, 3.8) is 0 Å². The van der Waals surface area contributed by atoms with Crippen LogP contribution in [-0.4, -0.2) is 11.8 Å². The Morgan fingerprint density at radius 1 is 0.554 bits per heavy atom. The summed E-state index contributed by atoms with van der Waals surface area (Å²) in [6.45, 7) is 16.0. The molecule has 4 heterocycles. The van der Waals surface area contributed by atoms with Crippen molar-refractivity contribution in [1.82, 2.24) is 4.57 Å². The molecule has 0 amide bonds. The average Bonchev–Trinajstić information content (AvgIpc) is 3.83. The van der Waals surface area contributed by atoms with Crippen LogP contribution in [0.4, 0.5) is 11.4 Å². The molecule has 4 nitrogen and oxygen atoms in total. The van der Waals surface area contributed by atoms with E-state index in [1.807, 2.05) is 12.1 Å². The van der Waals surface area contributed by atoms with Crippen molar-refractivity contribution in [2.24, 2.45) is 0 Å². The second-order valence-electron chi connectivity index (χ2n) is 18.0. The summed E-state index contributed by atoms with van der Waals surface area (Å²) in [5.74, 6) is 0. The van der Waals surface area contributed by atoms with Crippen molar-refractivity contribution in [2.45, 2.75) is 59.3 Å². The Kier molecular flexibility index (Phi) is 6.77. The summed E-state index contributed by atoms with van der Waals surface area (Å²) in [6.07, 6.45) is 0. The van der Waals surface area contributed by atoms with E-state index < -0.39 is 0 Å². The monoisotopic (exact) mass is 726 g/mol. The fraction of sp³-hybridized carbons (Fsp3) is 0.176. The molecule has 56 heavy (non-hydrogen) atoms. The summed E-state index contributed by atoms with van der Waals surface area (Å²) in [4.78, 5) is 0. The zero-order valence-corrected chi connectivity index (χ0v) is 33.0. The zero-order chi connectivity index (χ0) is 38.2. The molecule has 0 aliphatic carbocycles. The van der Waals surface area contributed by atoms with Crippen molar-refractivity contribution >= 4 is 95.3 Å². The Morgan fingerprint density at radius 3 is 1.86 bits per heavy atom. The minimum atomic E-state index is 0.0208. The van der Waals surface area contributed by atoms with Gasteiger partial charge in [0.1, 0.15) is 22.3 Å². The minimum Gasteiger partial charge on any atom is -0.456 e. The first-order valence-corrected chi connectivity index (χ1v) is 19.8. The smallest absolute Gasteiger partial charge is 0.198 e. The SMILES string of the molecule is Cc1cc(-c2cc3c(cc2Nc2ccc(C(C)(C)C)cc2)oc2ccccc23)c2c3c1c1cc4c(cc1n3-c1ccc(C(C)(C)C)cc1B2)oc1ccccc14. The fourth-order valence-electron chi connectivity index (χ4n) is 9.27. The first-order valence-electron chi connectivity index (χ1n) is 19.8. The number of fused-ring (bicyclic) bond motifs is 11. The van der Waals surface area contributed by atoms with Crippen molar-refractivity contribution in [3.8, 4) is 16.8 Å². The number of nitrogens with zero attached hydrogens (tertiary/aromatic N) is 1. The molecule has 10 aromatic rings. The van der Waals surface area contributed by atoms with Crippen LogP contribution in [0.25, 0.3) is 82.5 Å². The first kappa shape index (κ1) is 33.2. The molecular formula is C51H43BN2O2. The molecule has 0 atom stereocenters. The zero-order valence-electron chi connectivity index (χ0n) is 33.0. The number of benzene rings is 7. The molecule has 1 aliphatic rings. The van der Waals surface area contributed by atoms with Gasteiger partial charge in [-0.25, -0.2) is 0 Å². The molecule has 0 spiro atoms. The lowest BCUT2D eigenvalue weighted by molar-refractivity contribution is 0.590. The maximum absolute atomic E-state index is 6.52. The Hall–Kier alpha value is -6.20. The summed E-state index contributed by atoms with van der Waals surface area (Å²) in [6, 6.07) is 44.4. The summed E-state index contributed by atoms with van der Waals surface area (Å²) in [5.41, 5.74) is 18.4. The molecule has 0 radical (unpaired) electrons. The maximum Gasteiger partial charge on any atom is 0.198 e. The average molecular weight is 727 g/mol. The van der Waals surface area contributed by atoms with Crippen LogP contribution >= 0.6 is 0 Å². The van der Waals surface area contributed by atoms with Gasteiger partial charge in [-0.1, -0.05) is 114 Å². The van der Waals surface area contributed by atoms with Crippen molar-refractivity contribution < 1.29 is 8.83 Å². The van der Waals surface area contributed by atoms with Gasteiger partial charge in [-0.3, -0.25) is 0 Å². The lowest BCUT2D eigenvalue weighted by Gasteiger charge is -2.27. The van der Waals surface area contributed by atoms with Crippen LogP contribution in [-0.2, 0) is 10.8 Å². The number of hydrogen-bond acceptors (Lipinski definition) is 3. The van der Waals surface area contributed by atoms with Crippen LogP contribution in [0.3, 0.4) is 0 Å². The van der Waals surface area contributed by atoms with E-state index in [2.05, 4.69) is 168 Å². The largest absolute Gasteiger partial charge is 0.456 e. The minimum absolute atomic E-state index is 0.0208. The number of rotatable bonds is 3. The van der Waals surface area contributed by atoms with Crippen molar-refractivity contribution in [1.29, 1.82) is 0 Å². The third kappa shape index (κ3) is 4.86. The Labute approximate surface area is 327 Å². The molecule has 0 bridgehead atoms. The summed E-state index contributed by atoms with van der Waals surface area (Å²) in [7, 11) is 0.824. The molecule has 0 unspecified atom stereocenters. The van der Waals surface area contributed by atoms with E-state index in [0.29, 0.717) is 0 Å². The topological polar surface area (TPSA) is 43.2 Å². The molecular weight excluding hydrogens is 683 g/mol. The Balaban J connectivity index is 1.23. The molecule has 11 rings (SSSR count). The second kappa shape index (κ2) is 11.4. The number of hydrogen-bond donors (Lipinski definition) is 1. The third-order valence-corrected chi connectivity index (χ3v) is 12.2. The molecule has 3 aromatic heterocycles. The van der Waals surface area contributed by atoms with Gasteiger partial charge in [0.15, 0.2) is 7.28 Å². The lowest BCUT2D eigenvalue weighted by atomic mass is 9.58. The molecule has 0 fully saturated rings. The molecule has 0 saturated carbocycles. The van der Waals surface area contributed by atoms with Gasteiger partial charge < -0.3 is 18.7 Å². The highest BCUT2D eigenvalue weighted by Gasteiger charge is 2.30. The van der Waals surface area contributed by atoms with Gasteiger partial charge in [0.25, 0.3) is 0 Å². The van der Waals surface area contributed by atoms with Crippen LogP contribution in [0.15, 0.2) is 130 Å². The van der Waals surface area contributed by atoms with E-state index in [1.165, 1.54) is 60.7 Å². The van der Waals surface area contributed by atoms with Gasteiger partial charge in [-0.05, 0) is 87.9 Å². The second-order valence-corrected chi connectivity index (χ2v) is 18.0. The number of aromatic nitrogens is 1.